The van der Waals surface area contributed by atoms with Crippen molar-refractivity contribution < 1.29 is 4.86 Å². The Hall–Kier alpha value is -0.840. The molecule has 0 aromatic carbocycles. The minimum absolute atomic E-state index is 0.188. The molecule has 0 saturated carbocycles. The molecule has 0 amide bonds. The summed E-state index contributed by atoms with van der Waals surface area (Å²) in [5, 5.41) is 22.5. The van der Waals surface area contributed by atoms with Gasteiger partial charge in [-0.2, -0.15) is 4.86 Å². The predicted molar refractivity (Wildman–Crippen MR) is 23.1 cm³/mol. The number of hydrogen-bond acceptors (Lipinski definition) is 3. The molecule has 0 aliphatic carbocycles. The number of hydroxylamine groups is 2. The highest BCUT2D eigenvalue weighted by Gasteiger charge is 1.74. The van der Waals surface area contributed by atoms with Crippen LogP contribution in [-0.4, -0.2) is 24.1 Å². The third-order valence-corrected chi connectivity index (χ3v) is 0.252. The molecule has 0 unspecified atom stereocenters. The van der Waals surface area contributed by atoms with E-state index in [-0.39, 0.29) is 10.0 Å². The minimum atomic E-state index is 0.188. The van der Waals surface area contributed by atoms with E-state index >= 15 is 0 Å². The van der Waals surface area contributed by atoms with E-state index < -0.39 is 0 Å². The van der Waals surface area contributed by atoms with Gasteiger partial charge in [-0.3, -0.25) is 0 Å². The molecule has 0 spiro atoms. The van der Waals surface area contributed by atoms with Gasteiger partial charge in [0, 0.05) is 0 Å². The van der Waals surface area contributed by atoms with Crippen LogP contribution >= 0.6 is 0 Å². The molecule has 42 valence electrons. The van der Waals surface area contributed by atoms with Crippen molar-refractivity contribution in [2.45, 2.75) is 0 Å². The molecular formula is C2H6N3O2-. The lowest BCUT2D eigenvalue weighted by Crippen LogP contribution is -2.03. The van der Waals surface area contributed by atoms with Crippen molar-refractivity contribution in [3.63, 3.8) is 0 Å². The molecule has 0 atom stereocenters. The summed E-state index contributed by atoms with van der Waals surface area (Å²) in [4.78, 5) is 0.188. The lowest BCUT2D eigenvalue weighted by atomic mass is 11.4. The summed E-state index contributed by atoms with van der Waals surface area (Å²) >= 11 is 0. The van der Waals surface area contributed by atoms with Gasteiger partial charge in [-0.15, -0.1) is 0 Å². The standard InChI is InChI=1S/C2H6N3O2/c1-4(6)3-5(2)7/h1-2H3/q-1/b4-3-. The fraction of sp³-hybridized carbons (Fsp3) is 1.00. The minimum Gasteiger partial charge on any atom is -0.696 e. The van der Waals surface area contributed by atoms with Crippen molar-refractivity contribution >= 4 is 0 Å². The first-order valence-electron chi connectivity index (χ1n) is 1.66. The molecule has 7 heavy (non-hydrogen) atoms. The van der Waals surface area contributed by atoms with Crippen LogP contribution in [0.15, 0.2) is 5.22 Å². The molecule has 0 heterocycles. The maximum absolute atomic E-state index is 9.76. The molecule has 0 aliphatic rings. The third kappa shape index (κ3) is 5.16. The summed E-state index contributed by atoms with van der Waals surface area (Å²) in [5.41, 5.74) is 0. The van der Waals surface area contributed by atoms with E-state index in [1.165, 1.54) is 0 Å². The average molecular weight is 104 g/mol. The first-order valence-corrected chi connectivity index (χ1v) is 1.66. The van der Waals surface area contributed by atoms with Crippen LogP contribution in [0.25, 0.3) is 0 Å². The van der Waals surface area contributed by atoms with Gasteiger partial charge >= 0.3 is 0 Å². The summed E-state index contributed by atoms with van der Waals surface area (Å²) in [7, 11) is 2.27. The number of hydrogen-bond donors (Lipinski definition) is 0. The SMILES string of the molecule is CN([O-])/N=[N+](/C)[O-]. The highest BCUT2D eigenvalue weighted by molar-refractivity contribution is 4.26. The molecule has 0 aromatic heterocycles. The highest BCUT2D eigenvalue weighted by atomic mass is 16.6. The summed E-state index contributed by atoms with van der Waals surface area (Å²) < 4.78 is 0. The lowest BCUT2D eigenvalue weighted by molar-refractivity contribution is -0.513. The first-order chi connectivity index (χ1) is 3.13. The molecule has 0 saturated heterocycles. The van der Waals surface area contributed by atoms with Crippen molar-refractivity contribution in [1.29, 1.82) is 0 Å². The van der Waals surface area contributed by atoms with E-state index in [9.17, 15) is 10.4 Å². The lowest BCUT2D eigenvalue weighted by Gasteiger charge is -2.07. The van der Waals surface area contributed by atoms with Crippen molar-refractivity contribution in [2.75, 3.05) is 14.1 Å². The Kier molecular flexibility index (Phi) is 2.07. The summed E-state index contributed by atoms with van der Waals surface area (Å²) in [6, 6.07) is 0. The second-order valence-electron chi connectivity index (χ2n) is 1.02. The fourth-order valence-electron chi connectivity index (χ4n) is 0.177. The highest BCUT2D eigenvalue weighted by Crippen LogP contribution is 1.74. The van der Waals surface area contributed by atoms with Gasteiger partial charge in [0.15, 0.2) is 0 Å². The van der Waals surface area contributed by atoms with Crippen LogP contribution in [0.2, 0.25) is 0 Å². The van der Waals surface area contributed by atoms with E-state index in [1.807, 2.05) is 0 Å². The van der Waals surface area contributed by atoms with Crippen LogP contribution in [0.1, 0.15) is 0 Å². The van der Waals surface area contributed by atoms with E-state index in [0.29, 0.717) is 0 Å². The summed E-state index contributed by atoms with van der Waals surface area (Å²) in [6.45, 7) is 0. The van der Waals surface area contributed by atoms with Crippen molar-refractivity contribution in [3.8, 4) is 0 Å². The molecule has 0 aliphatic heterocycles. The maximum Gasteiger partial charge on any atom is 0.101 e. The molecule has 0 fully saturated rings. The third-order valence-electron chi connectivity index (χ3n) is 0.252. The second-order valence-corrected chi connectivity index (χ2v) is 1.02. The van der Waals surface area contributed by atoms with Crippen LogP contribution in [0, 0.1) is 10.4 Å². The van der Waals surface area contributed by atoms with Gasteiger partial charge in [-0.05, 0) is 0 Å². The topological polar surface area (TPSA) is 64.7 Å². The van der Waals surface area contributed by atoms with E-state index in [0.717, 1.165) is 14.1 Å². The van der Waals surface area contributed by atoms with Crippen molar-refractivity contribution in [2.24, 2.45) is 5.22 Å². The Morgan fingerprint density at radius 3 is 2.14 bits per heavy atom. The smallest absolute Gasteiger partial charge is 0.101 e. The molecule has 0 rings (SSSR count). The second kappa shape index (κ2) is 2.35. The van der Waals surface area contributed by atoms with Gasteiger partial charge in [0.1, 0.15) is 7.05 Å². The Bertz CT molecular complexity index is 75.0. The van der Waals surface area contributed by atoms with Gasteiger partial charge in [0.05, 0.1) is 12.3 Å². The van der Waals surface area contributed by atoms with Gasteiger partial charge in [0.2, 0.25) is 0 Å². The predicted octanol–water partition coefficient (Wildman–Crippen LogP) is -0.0767. The maximum atomic E-state index is 9.76. The summed E-state index contributed by atoms with van der Waals surface area (Å²) in [5.74, 6) is 0. The van der Waals surface area contributed by atoms with E-state index in [1.54, 1.807) is 0 Å². The van der Waals surface area contributed by atoms with Crippen LogP contribution in [0.4, 0.5) is 0 Å². The molecule has 0 N–H and O–H groups in total. The zero-order valence-corrected chi connectivity index (χ0v) is 4.16. The number of rotatable bonds is 1. The van der Waals surface area contributed by atoms with Crippen LogP contribution < -0.4 is 0 Å². The molecule has 0 aromatic rings. The zero-order chi connectivity index (χ0) is 5.86. The number of nitrogens with zero attached hydrogens (tertiary/aromatic N) is 3. The Balaban J connectivity index is 3.45. The Labute approximate surface area is 41.0 Å². The zero-order valence-electron chi connectivity index (χ0n) is 4.16. The Morgan fingerprint density at radius 1 is 1.71 bits per heavy atom. The van der Waals surface area contributed by atoms with Gasteiger partial charge < -0.3 is 10.4 Å². The largest absolute Gasteiger partial charge is 0.696 e. The molecule has 0 radical (unpaired) electrons. The monoisotopic (exact) mass is 104 g/mol. The fourth-order valence-corrected chi connectivity index (χ4v) is 0.177. The normalized spacial score (nSPS) is 11.6. The van der Waals surface area contributed by atoms with Crippen LogP contribution in [0.3, 0.4) is 0 Å². The van der Waals surface area contributed by atoms with Crippen LogP contribution in [0.5, 0.6) is 0 Å². The molecule has 5 heteroatoms. The van der Waals surface area contributed by atoms with E-state index in [4.69, 9.17) is 0 Å². The van der Waals surface area contributed by atoms with Gasteiger partial charge in [-0.1, -0.05) is 0 Å². The van der Waals surface area contributed by atoms with Gasteiger partial charge in [0.25, 0.3) is 0 Å². The Morgan fingerprint density at radius 2 is 2.14 bits per heavy atom. The molecule has 0 bridgehead atoms. The summed E-state index contributed by atoms with van der Waals surface area (Å²) in [6.07, 6.45) is 0. The average Bonchev–Trinajstić information content (AvgIpc) is 1.27. The first kappa shape index (κ1) is 6.16. The quantitative estimate of drug-likeness (QED) is 0.265. The molecule has 5 nitrogen and oxygen atoms in total. The van der Waals surface area contributed by atoms with Crippen molar-refractivity contribution in [1.82, 2.24) is 5.17 Å². The van der Waals surface area contributed by atoms with Gasteiger partial charge in [-0.25, -0.2) is 5.17 Å². The molecular weight excluding hydrogens is 98.0 g/mol. The van der Waals surface area contributed by atoms with Crippen molar-refractivity contribution in [3.05, 3.63) is 10.4 Å². The van der Waals surface area contributed by atoms with E-state index in [2.05, 4.69) is 5.22 Å². The van der Waals surface area contributed by atoms with Crippen LogP contribution in [-0.2, 0) is 0 Å².